The Balaban J connectivity index is 1.47. The number of hydrogen-bond acceptors (Lipinski definition) is 11. The Labute approximate surface area is 345 Å². The molecule has 59 heavy (non-hydrogen) atoms. The first kappa shape index (κ1) is 44.1. The lowest BCUT2D eigenvalue weighted by Gasteiger charge is -2.26. The maximum atomic E-state index is 14.3. The molecule has 16 heteroatoms. The van der Waals surface area contributed by atoms with E-state index in [0.29, 0.717) is 36.4 Å². The minimum Gasteiger partial charge on any atom is -0.481 e. The molecule has 314 valence electrons. The molecular weight excluding hydrogens is 777 g/mol. The normalized spacial score (nSPS) is 18.7. The zero-order valence-electron chi connectivity index (χ0n) is 33.8. The largest absolute Gasteiger partial charge is 0.481 e. The number of benzene rings is 3. The Bertz CT molecular complexity index is 2180. The van der Waals surface area contributed by atoms with E-state index in [1.165, 1.54) is 25.3 Å². The van der Waals surface area contributed by atoms with E-state index in [0.717, 1.165) is 37.7 Å². The Kier molecular flexibility index (Phi) is 15.4. The summed E-state index contributed by atoms with van der Waals surface area (Å²) in [6, 6.07) is 20.7. The second-order valence-corrected chi connectivity index (χ2v) is 17.0. The van der Waals surface area contributed by atoms with Gasteiger partial charge in [-0.05, 0) is 63.4 Å². The summed E-state index contributed by atoms with van der Waals surface area (Å²) < 4.78 is 44.8. The SMILES string of the molecule is COc1cc(Oc2ccc(C3NC(=O)[C@H](NC(=O)OC(C)(C)C)CCCCCCCCCCS(=O)(=O)NC(=O)c4ccccc4NC3=O)cc2)nc(-c2ccccc2)n1. The molecule has 0 spiro atoms. The molecule has 2 heterocycles. The van der Waals surface area contributed by atoms with Crippen molar-refractivity contribution in [3.63, 3.8) is 0 Å². The number of rotatable bonds is 6. The highest BCUT2D eigenvalue weighted by atomic mass is 32.2. The van der Waals surface area contributed by atoms with Gasteiger partial charge in [0, 0.05) is 5.56 Å². The Morgan fingerprint density at radius 2 is 1.41 bits per heavy atom. The van der Waals surface area contributed by atoms with E-state index in [1.807, 2.05) is 30.3 Å². The van der Waals surface area contributed by atoms with E-state index in [1.54, 1.807) is 57.2 Å². The molecule has 15 nitrogen and oxygen atoms in total. The van der Waals surface area contributed by atoms with Gasteiger partial charge in [-0.2, -0.15) is 9.97 Å². The standard InChI is InChI=1S/C43H52N6O9S/c1-43(2,3)58-42(53)45-34-22-14-9-7-5-6-8-10-17-27-59(54,55)49-39(50)32-20-15-16-21-33(32)44-41(52)37(48-40(34)51)29-23-25-31(26-24-29)57-36-28-35(56-4)46-38(47-36)30-18-12-11-13-19-30/h11-13,15-16,18-21,23-26,28,34,37H,5-10,14,17,22,27H2,1-4H3,(H,44,52)(H,45,53)(H,48,51)(H,49,50)/t34-,37?/m1/s1. The van der Waals surface area contributed by atoms with Crippen LogP contribution in [0.3, 0.4) is 0 Å². The lowest BCUT2D eigenvalue weighted by atomic mass is 10.0. The van der Waals surface area contributed by atoms with E-state index in [-0.39, 0.29) is 35.2 Å². The predicted octanol–water partition coefficient (Wildman–Crippen LogP) is 7.22. The number of carbonyl (C=O) groups excluding carboxylic acids is 4. The smallest absolute Gasteiger partial charge is 0.408 e. The second kappa shape index (κ2) is 20.6. The summed E-state index contributed by atoms with van der Waals surface area (Å²) in [5, 5.41) is 8.20. The van der Waals surface area contributed by atoms with Crippen LogP contribution in [0.5, 0.6) is 17.5 Å². The summed E-state index contributed by atoms with van der Waals surface area (Å²) in [6.07, 6.45) is 5.49. The van der Waals surface area contributed by atoms with Gasteiger partial charge in [-0.1, -0.05) is 99.5 Å². The number of nitrogens with one attached hydrogen (secondary N) is 4. The first-order valence-electron chi connectivity index (χ1n) is 19.7. The molecule has 1 unspecified atom stereocenters. The zero-order chi connectivity index (χ0) is 42.4. The molecule has 3 aromatic carbocycles. The van der Waals surface area contributed by atoms with Gasteiger partial charge in [0.05, 0.1) is 30.2 Å². The third kappa shape index (κ3) is 13.8. The zero-order valence-corrected chi connectivity index (χ0v) is 34.6. The lowest BCUT2D eigenvalue weighted by molar-refractivity contribution is -0.128. The molecule has 1 aliphatic rings. The van der Waals surface area contributed by atoms with Crippen LogP contribution >= 0.6 is 0 Å². The Hall–Kier alpha value is -6.03. The molecule has 0 fully saturated rings. The fourth-order valence-electron chi connectivity index (χ4n) is 6.33. The Morgan fingerprint density at radius 1 is 0.780 bits per heavy atom. The summed E-state index contributed by atoms with van der Waals surface area (Å²) in [5.41, 5.74) is 0.181. The third-order valence-corrected chi connectivity index (χ3v) is 10.6. The molecule has 1 aromatic heterocycles. The molecule has 5 rings (SSSR count). The fourth-order valence-corrected chi connectivity index (χ4v) is 7.41. The molecule has 0 bridgehead atoms. The van der Waals surface area contributed by atoms with Gasteiger partial charge in [-0.15, -0.1) is 0 Å². The Morgan fingerprint density at radius 3 is 2.08 bits per heavy atom. The number of aromatic nitrogens is 2. The van der Waals surface area contributed by atoms with Crippen molar-refractivity contribution in [1.82, 2.24) is 25.3 Å². The van der Waals surface area contributed by atoms with Crippen LogP contribution in [0.15, 0.2) is 84.9 Å². The van der Waals surface area contributed by atoms with Gasteiger partial charge in [-0.3, -0.25) is 14.4 Å². The van der Waals surface area contributed by atoms with Gasteiger partial charge < -0.3 is 30.2 Å². The van der Waals surface area contributed by atoms with Gasteiger partial charge in [-0.25, -0.2) is 17.9 Å². The van der Waals surface area contributed by atoms with Gasteiger partial charge in [0.15, 0.2) is 5.82 Å². The van der Waals surface area contributed by atoms with Crippen molar-refractivity contribution in [3.8, 4) is 28.9 Å². The minimum atomic E-state index is -3.96. The topological polar surface area (TPSA) is 204 Å². The van der Waals surface area contributed by atoms with Crippen molar-refractivity contribution in [3.05, 3.63) is 96.1 Å². The van der Waals surface area contributed by atoms with E-state index < -0.39 is 51.5 Å². The van der Waals surface area contributed by atoms with Crippen molar-refractivity contribution < 1.29 is 41.8 Å². The predicted molar refractivity (Wildman–Crippen MR) is 222 cm³/mol. The molecule has 4 aromatic rings. The lowest BCUT2D eigenvalue weighted by Crippen LogP contribution is -2.50. The maximum Gasteiger partial charge on any atom is 0.408 e. The highest BCUT2D eigenvalue weighted by molar-refractivity contribution is 7.90. The third-order valence-electron chi connectivity index (χ3n) is 9.25. The van der Waals surface area contributed by atoms with E-state index in [9.17, 15) is 27.6 Å². The molecule has 1 aliphatic heterocycles. The number of methoxy groups -OCH3 is 1. The number of hydrogen-bond donors (Lipinski definition) is 4. The fraction of sp³-hybridized carbons (Fsp3) is 0.395. The first-order chi connectivity index (χ1) is 28.2. The van der Waals surface area contributed by atoms with Crippen LogP contribution in [-0.2, 0) is 24.3 Å². The van der Waals surface area contributed by atoms with Crippen molar-refractivity contribution in [2.24, 2.45) is 0 Å². The highest BCUT2D eigenvalue weighted by Crippen LogP contribution is 2.28. The minimum absolute atomic E-state index is 0.0191. The quantitative estimate of drug-likeness (QED) is 0.153. The maximum absolute atomic E-state index is 14.3. The number of anilines is 1. The van der Waals surface area contributed by atoms with E-state index in [4.69, 9.17) is 14.2 Å². The summed E-state index contributed by atoms with van der Waals surface area (Å²) >= 11 is 0. The van der Waals surface area contributed by atoms with Crippen LogP contribution in [0.2, 0.25) is 0 Å². The molecule has 0 radical (unpaired) electrons. The molecule has 2 atom stereocenters. The van der Waals surface area contributed by atoms with Gasteiger partial charge in [0.25, 0.3) is 11.8 Å². The van der Waals surface area contributed by atoms with Crippen LogP contribution in [0.25, 0.3) is 11.4 Å². The van der Waals surface area contributed by atoms with Crippen LogP contribution in [0, 0.1) is 0 Å². The first-order valence-corrected chi connectivity index (χ1v) is 21.4. The molecule has 4 amide bonds. The molecule has 0 saturated heterocycles. The van der Waals surface area contributed by atoms with Crippen molar-refractivity contribution in [2.45, 2.75) is 96.2 Å². The number of nitrogens with zero attached hydrogens (tertiary/aromatic N) is 2. The molecule has 4 N–H and O–H groups in total. The summed E-state index contributed by atoms with van der Waals surface area (Å²) in [4.78, 5) is 63.6. The summed E-state index contributed by atoms with van der Waals surface area (Å²) in [6.45, 7) is 5.15. The van der Waals surface area contributed by atoms with Crippen molar-refractivity contribution >= 4 is 39.5 Å². The van der Waals surface area contributed by atoms with Crippen molar-refractivity contribution in [2.75, 3.05) is 18.2 Å². The average Bonchev–Trinajstić information content (AvgIpc) is 3.19. The van der Waals surface area contributed by atoms with Crippen LogP contribution in [0.4, 0.5) is 10.5 Å². The summed E-state index contributed by atoms with van der Waals surface area (Å²) in [5.74, 6) is -1.30. The average molecular weight is 829 g/mol. The number of para-hydroxylation sites is 1. The highest BCUT2D eigenvalue weighted by Gasteiger charge is 2.30. The number of alkyl carbamates (subject to hydrolysis) is 1. The number of sulfonamides is 1. The van der Waals surface area contributed by atoms with Crippen molar-refractivity contribution in [1.29, 1.82) is 0 Å². The molecule has 0 aliphatic carbocycles. The molecule has 0 saturated carbocycles. The van der Waals surface area contributed by atoms with Gasteiger partial charge >= 0.3 is 6.09 Å². The number of ether oxygens (including phenoxy) is 3. The van der Waals surface area contributed by atoms with E-state index >= 15 is 0 Å². The van der Waals surface area contributed by atoms with Gasteiger partial charge in [0.1, 0.15) is 23.4 Å². The number of fused-ring (bicyclic) bond motifs is 1. The van der Waals surface area contributed by atoms with Crippen LogP contribution < -0.4 is 30.1 Å². The second-order valence-electron chi connectivity index (χ2n) is 15.2. The van der Waals surface area contributed by atoms with Crippen LogP contribution in [0.1, 0.15) is 101 Å². The summed E-state index contributed by atoms with van der Waals surface area (Å²) in [7, 11) is -2.48. The van der Waals surface area contributed by atoms with E-state index in [2.05, 4.69) is 30.6 Å². The molecular formula is C43H52N6O9S. The monoisotopic (exact) mass is 828 g/mol. The number of carbonyl (C=O) groups is 4. The van der Waals surface area contributed by atoms with Crippen LogP contribution in [-0.4, -0.2) is 66.7 Å². The van der Waals surface area contributed by atoms with Gasteiger partial charge in [0.2, 0.25) is 27.7 Å². The number of amides is 4.